The van der Waals surface area contributed by atoms with E-state index in [9.17, 15) is 0 Å². The number of nitrogens with zero attached hydrogens (tertiary/aromatic N) is 2. The minimum absolute atomic E-state index is 0.137. The van der Waals surface area contributed by atoms with Crippen LogP contribution < -0.4 is 4.74 Å². The average Bonchev–Trinajstić information content (AvgIpc) is 3.14. The Bertz CT molecular complexity index is 621. The molecule has 3 atom stereocenters. The topological polar surface area (TPSA) is 24.9 Å². The van der Waals surface area contributed by atoms with Crippen molar-refractivity contribution in [2.75, 3.05) is 45.9 Å². The molecule has 2 heterocycles. The summed E-state index contributed by atoms with van der Waals surface area (Å²) in [6, 6.07) is 8.65. The molecule has 4 nitrogen and oxygen atoms in total. The third-order valence-corrected chi connectivity index (χ3v) is 6.72. The highest BCUT2D eigenvalue weighted by atomic mass is 16.5. The molecule has 2 saturated heterocycles. The Kier molecular flexibility index (Phi) is 6.83. The number of benzene rings is 1. The third-order valence-electron chi connectivity index (χ3n) is 6.72. The van der Waals surface area contributed by atoms with Gasteiger partial charge < -0.3 is 14.4 Å². The van der Waals surface area contributed by atoms with Crippen LogP contribution in [0.3, 0.4) is 0 Å². The van der Waals surface area contributed by atoms with Gasteiger partial charge in [0.25, 0.3) is 0 Å². The van der Waals surface area contributed by atoms with Gasteiger partial charge in [0.15, 0.2) is 0 Å². The number of fused-ring (bicyclic) bond motifs is 1. The van der Waals surface area contributed by atoms with E-state index in [1.807, 2.05) is 0 Å². The summed E-state index contributed by atoms with van der Waals surface area (Å²) >= 11 is 0. The molecule has 1 aliphatic carbocycles. The molecule has 0 radical (unpaired) electrons. The first kappa shape index (κ1) is 21.1. The number of ether oxygens (including phenoxy) is 2. The lowest BCUT2D eigenvalue weighted by Gasteiger charge is -2.26. The van der Waals surface area contributed by atoms with Gasteiger partial charge in [0.05, 0.1) is 6.61 Å². The zero-order valence-corrected chi connectivity index (χ0v) is 18.7. The molecular formula is C25H40N2O2. The first-order valence-corrected chi connectivity index (χ1v) is 11.8. The fraction of sp³-hybridized carbons (Fsp3) is 0.760. The zero-order chi connectivity index (χ0) is 20.3. The van der Waals surface area contributed by atoms with E-state index in [4.69, 9.17) is 9.47 Å². The van der Waals surface area contributed by atoms with E-state index in [1.54, 1.807) is 0 Å². The van der Waals surface area contributed by atoms with Gasteiger partial charge in [-0.2, -0.15) is 0 Å². The van der Waals surface area contributed by atoms with Crippen molar-refractivity contribution in [3.63, 3.8) is 0 Å². The molecule has 2 aliphatic heterocycles. The minimum atomic E-state index is -0.137. The van der Waals surface area contributed by atoms with Crippen LogP contribution in [0.15, 0.2) is 24.3 Å². The van der Waals surface area contributed by atoms with Crippen molar-refractivity contribution in [2.45, 2.75) is 58.6 Å². The maximum atomic E-state index is 6.03. The summed E-state index contributed by atoms with van der Waals surface area (Å²) in [5, 5.41) is 0. The molecule has 1 aromatic carbocycles. The van der Waals surface area contributed by atoms with Crippen LogP contribution in [0.25, 0.3) is 0 Å². The van der Waals surface area contributed by atoms with Gasteiger partial charge in [-0.25, -0.2) is 0 Å². The van der Waals surface area contributed by atoms with Gasteiger partial charge in [-0.3, -0.25) is 4.90 Å². The summed E-state index contributed by atoms with van der Waals surface area (Å²) in [5.41, 5.74) is 1.25. The summed E-state index contributed by atoms with van der Waals surface area (Å²) in [4.78, 5) is 5.22. The van der Waals surface area contributed by atoms with Crippen LogP contribution in [0.4, 0.5) is 0 Å². The van der Waals surface area contributed by atoms with Gasteiger partial charge in [-0.05, 0) is 88.6 Å². The van der Waals surface area contributed by atoms with E-state index in [0.717, 1.165) is 43.3 Å². The Morgan fingerprint density at radius 3 is 2.28 bits per heavy atom. The van der Waals surface area contributed by atoms with Crippen molar-refractivity contribution < 1.29 is 9.47 Å². The molecule has 0 amide bonds. The lowest BCUT2D eigenvalue weighted by molar-refractivity contribution is 0.0967. The highest BCUT2D eigenvalue weighted by Crippen LogP contribution is 2.52. The lowest BCUT2D eigenvalue weighted by atomic mass is 10.1. The standard InChI is InChI=1S/C25H40N2O2/c1-25(2,3)29-21-10-8-20(9-11-21)16-27-17-22-23(18-27)24(22)19-28-15-7-14-26-12-5-4-6-13-26/h8-11,22-24H,4-7,12-19H2,1-3H3/t22-,23+,24+. The fourth-order valence-corrected chi connectivity index (χ4v) is 5.18. The summed E-state index contributed by atoms with van der Waals surface area (Å²) in [5.74, 6) is 3.54. The van der Waals surface area contributed by atoms with Crippen molar-refractivity contribution in [2.24, 2.45) is 17.8 Å². The van der Waals surface area contributed by atoms with Crippen LogP contribution in [-0.4, -0.2) is 61.3 Å². The van der Waals surface area contributed by atoms with Gasteiger partial charge in [0, 0.05) is 32.8 Å². The number of piperidine rings is 2. The molecule has 0 N–H and O–H groups in total. The van der Waals surface area contributed by atoms with E-state index in [1.165, 1.54) is 64.0 Å². The van der Waals surface area contributed by atoms with Crippen molar-refractivity contribution in [1.29, 1.82) is 0 Å². The van der Waals surface area contributed by atoms with Crippen molar-refractivity contribution in [3.05, 3.63) is 29.8 Å². The maximum Gasteiger partial charge on any atom is 0.120 e. The highest BCUT2D eigenvalue weighted by molar-refractivity contribution is 5.28. The van der Waals surface area contributed by atoms with E-state index >= 15 is 0 Å². The molecule has 29 heavy (non-hydrogen) atoms. The molecule has 0 bridgehead atoms. The first-order chi connectivity index (χ1) is 14.0. The summed E-state index contributed by atoms with van der Waals surface area (Å²) in [6.45, 7) is 15.6. The van der Waals surface area contributed by atoms with Crippen LogP contribution in [0.1, 0.15) is 52.0 Å². The van der Waals surface area contributed by atoms with Gasteiger partial charge in [0.2, 0.25) is 0 Å². The quantitative estimate of drug-likeness (QED) is 0.572. The van der Waals surface area contributed by atoms with Gasteiger partial charge in [0.1, 0.15) is 11.4 Å². The molecule has 3 fully saturated rings. The van der Waals surface area contributed by atoms with E-state index in [2.05, 4.69) is 54.8 Å². The normalized spacial score (nSPS) is 27.8. The van der Waals surface area contributed by atoms with Crippen LogP contribution in [-0.2, 0) is 11.3 Å². The molecule has 1 saturated carbocycles. The Balaban J connectivity index is 1.08. The molecule has 0 spiro atoms. The maximum absolute atomic E-state index is 6.03. The molecule has 162 valence electrons. The van der Waals surface area contributed by atoms with Crippen molar-refractivity contribution in [1.82, 2.24) is 9.80 Å². The number of hydrogen-bond acceptors (Lipinski definition) is 4. The molecule has 3 aliphatic rings. The Hall–Kier alpha value is -1.10. The third kappa shape index (κ3) is 6.19. The van der Waals surface area contributed by atoms with Crippen LogP contribution >= 0.6 is 0 Å². The Labute approximate surface area is 177 Å². The molecule has 4 heteroatoms. The molecule has 4 rings (SSSR count). The Morgan fingerprint density at radius 2 is 1.62 bits per heavy atom. The predicted molar refractivity (Wildman–Crippen MR) is 118 cm³/mol. The minimum Gasteiger partial charge on any atom is -0.488 e. The van der Waals surface area contributed by atoms with Crippen LogP contribution in [0.2, 0.25) is 0 Å². The molecular weight excluding hydrogens is 360 g/mol. The number of hydrogen-bond donors (Lipinski definition) is 0. The van der Waals surface area contributed by atoms with Crippen molar-refractivity contribution >= 4 is 0 Å². The van der Waals surface area contributed by atoms with Crippen LogP contribution in [0, 0.1) is 17.8 Å². The summed E-state index contributed by atoms with van der Waals surface area (Å²) < 4.78 is 12.0. The monoisotopic (exact) mass is 400 g/mol. The zero-order valence-electron chi connectivity index (χ0n) is 18.7. The number of rotatable bonds is 9. The van der Waals surface area contributed by atoms with Gasteiger partial charge in [-0.1, -0.05) is 18.6 Å². The average molecular weight is 401 g/mol. The van der Waals surface area contributed by atoms with Crippen LogP contribution in [0.5, 0.6) is 5.75 Å². The van der Waals surface area contributed by atoms with E-state index < -0.39 is 0 Å². The highest BCUT2D eigenvalue weighted by Gasteiger charge is 2.55. The molecule has 1 aromatic rings. The first-order valence-electron chi connectivity index (χ1n) is 11.8. The van der Waals surface area contributed by atoms with Gasteiger partial charge >= 0.3 is 0 Å². The largest absolute Gasteiger partial charge is 0.488 e. The number of likely N-dealkylation sites (tertiary alicyclic amines) is 2. The SMILES string of the molecule is CC(C)(C)Oc1ccc(CN2C[C@@H]3[C@@H](COCCCN4CCCCC4)[C@@H]3C2)cc1. The fourth-order valence-electron chi connectivity index (χ4n) is 5.18. The smallest absolute Gasteiger partial charge is 0.120 e. The van der Waals surface area contributed by atoms with Crippen molar-refractivity contribution in [3.8, 4) is 5.75 Å². The molecule has 0 unspecified atom stereocenters. The summed E-state index contributed by atoms with van der Waals surface area (Å²) in [7, 11) is 0. The lowest BCUT2D eigenvalue weighted by Crippen LogP contribution is -2.31. The van der Waals surface area contributed by atoms with Gasteiger partial charge in [-0.15, -0.1) is 0 Å². The summed E-state index contributed by atoms with van der Waals surface area (Å²) in [6.07, 6.45) is 5.39. The second-order valence-corrected chi connectivity index (χ2v) is 10.4. The Morgan fingerprint density at radius 1 is 0.931 bits per heavy atom. The second-order valence-electron chi connectivity index (χ2n) is 10.4. The second kappa shape index (κ2) is 9.36. The predicted octanol–water partition coefficient (Wildman–Crippen LogP) is 4.43. The van der Waals surface area contributed by atoms with E-state index in [0.29, 0.717) is 0 Å². The van der Waals surface area contributed by atoms with E-state index in [-0.39, 0.29) is 5.60 Å². The molecule has 0 aromatic heterocycles.